The second-order valence-electron chi connectivity index (χ2n) is 6.87. The molecule has 4 aromatic rings. The lowest BCUT2D eigenvalue weighted by Crippen LogP contribution is -2.07. The van der Waals surface area contributed by atoms with E-state index < -0.39 is 0 Å². The SMILES string of the molecule is Cc1c(OCCSCc2ccccn2)ccnc1CNc1cnc2ccccc2c1. The van der Waals surface area contributed by atoms with E-state index in [1.807, 2.05) is 66.6 Å². The first-order chi connectivity index (χ1) is 14.8. The van der Waals surface area contributed by atoms with Gasteiger partial charge in [0.15, 0.2) is 0 Å². The quantitative estimate of drug-likeness (QED) is 0.376. The zero-order valence-electron chi connectivity index (χ0n) is 16.9. The molecule has 0 spiro atoms. The molecule has 0 atom stereocenters. The van der Waals surface area contributed by atoms with E-state index in [2.05, 4.69) is 39.3 Å². The van der Waals surface area contributed by atoms with Gasteiger partial charge in [-0.05, 0) is 37.3 Å². The Morgan fingerprint density at radius 3 is 2.77 bits per heavy atom. The highest BCUT2D eigenvalue weighted by molar-refractivity contribution is 7.98. The zero-order valence-corrected chi connectivity index (χ0v) is 17.7. The number of benzene rings is 1. The molecule has 0 aliphatic rings. The van der Waals surface area contributed by atoms with E-state index in [4.69, 9.17) is 4.74 Å². The first-order valence-corrected chi connectivity index (χ1v) is 11.1. The Morgan fingerprint density at radius 1 is 0.967 bits per heavy atom. The number of ether oxygens (including phenoxy) is 1. The molecular weight excluding hydrogens is 392 g/mol. The molecule has 6 heteroatoms. The molecule has 0 amide bonds. The van der Waals surface area contributed by atoms with Crippen LogP contribution in [-0.2, 0) is 12.3 Å². The van der Waals surface area contributed by atoms with Crippen molar-refractivity contribution in [3.05, 3.63) is 90.1 Å². The molecule has 1 aromatic carbocycles. The molecule has 5 nitrogen and oxygen atoms in total. The maximum atomic E-state index is 6.00. The summed E-state index contributed by atoms with van der Waals surface area (Å²) in [6, 6.07) is 18.1. The summed E-state index contributed by atoms with van der Waals surface area (Å²) in [5.41, 5.74) is 5.11. The van der Waals surface area contributed by atoms with Crippen molar-refractivity contribution in [1.29, 1.82) is 0 Å². The maximum absolute atomic E-state index is 6.00. The van der Waals surface area contributed by atoms with Gasteiger partial charge in [0.1, 0.15) is 5.75 Å². The lowest BCUT2D eigenvalue weighted by molar-refractivity contribution is 0.340. The van der Waals surface area contributed by atoms with Crippen molar-refractivity contribution in [3.8, 4) is 5.75 Å². The van der Waals surface area contributed by atoms with E-state index in [9.17, 15) is 0 Å². The highest BCUT2D eigenvalue weighted by atomic mass is 32.2. The number of hydrogen-bond donors (Lipinski definition) is 1. The van der Waals surface area contributed by atoms with Crippen molar-refractivity contribution in [3.63, 3.8) is 0 Å². The number of hydrogen-bond acceptors (Lipinski definition) is 6. The summed E-state index contributed by atoms with van der Waals surface area (Å²) in [6.45, 7) is 3.33. The van der Waals surface area contributed by atoms with Crippen LogP contribution >= 0.6 is 11.8 Å². The Bertz CT molecular complexity index is 1100. The summed E-state index contributed by atoms with van der Waals surface area (Å²) in [6.07, 6.45) is 5.49. The Balaban J connectivity index is 1.29. The number of nitrogens with one attached hydrogen (secondary N) is 1. The topological polar surface area (TPSA) is 59.9 Å². The predicted molar refractivity (Wildman–Crippen MR) is 124 cm³/mol. The van der Waals surface area contributed by atoms with Crippen LogP contribution < -0.4 is 10.1 Å². The third-order valence-electron chi connectivity index (χ3n) is 4.77. The second-order valence-corrected chi connectivity index (χ2v) is 7.98. The summed E-state index contributed by atoms with van der Waals surface area (Å²) < 4.78 is 6.00. The summed E-state index contributed by atoms with van der Waals surface area (Å²) in [5, 5.41) is 4.54. The Hall–Kier alpha value is -3.12. The maximum Gasteiger partial charge on any atom is 0.125 e. The number of rotatable bonds is 9. The molecule has 4 rings (SSSR count). The standard InChI is InChI=1S/C24H24N4OS/c1-18-23(16-27-21-14-19-6-2-3-8-22(19)28-15-21)26-11-9-24(18)29-12-13-30-17-20-7-4-5-10-25-20/h2-11,14-15,27H,12-13,16-17H2,1H3. The highest BCUT2D eigenvalue weighted by Gasteiger charge is 2.07. The fraction of sp³-hybridized carbons (Fsp3) is 0.208. The summed E-state index contributed by atoms with van der Waals surface area (Å²) in [7, 11) is 0. The Labute approximate surface area is 180 Å². The number of anilines is 1. The van der Waals surface area contributed by atoms with Crippen LogP contribution in [0.4, 0.5) is 5.69 Å². The monoisotopic (exact) mass is 416 g/mol. The molecule has 30 heavy (non-hydrogen) atoms. The lowest BCUT2D eigenvalue weighted by atomic mass is 10.2. The van der Waals surface area contributed by atoms with Crippen molar-refractivity contribution in [2.24, 2.45) is 0 Å². The van der Waals surface area contributed by atoms with Gasteiger partial charge < -0.3 is 10.1 Å². The molecule has 0 aliphatic heterocycles. The smallest absolute Gasteiger partial charge is 0.125 e. The first-order valence-electron chi connectivity index (χ1n) is 9.93. The number of pyridine rings is 3. The van der Waals surface area contributed by atoms with Crippen LogP contribution in [0.2, 0.25) is 0 Å². The molecule has 152 valence electrons. The van der Waals surface area contributed by atoms with Crippen LogP contribution in [0.5, 0.6) is 5.75 Å². The fourth-order valence-electron chi connectivity index (χ4n) is 3.12. The van der Waals surface area contributed by atoms with Gasteiger partial charge in [0.25, 0.3) is 0 Å². The highest BCUT2D eigenvalue weighted by Crippen LogP contribution is 2.22. The van der Waals surface area contributed by atoms with E-state index >= 15 is 0 Å². The molecule has 0 saturated carbocycles. The van der Waals surface area contributed by atoms with Crippen LogP contribution in [0.1, 0.15) is 17.0 Å². The van der Waals surface area contributed by atoms with Crippen LogP contribution in [0.3, 0.4) is 0 Å². The van der Waals surface area contributed by atoms with Crippen molar-refractivity contribution in [2.45, 2.75) is 19.2 Å². The molecule has 1 N–H and O–H groups in total. The number of fused-ring (bicyclic) bond motifs is 1. The van der Waals surface area contributed by atoms with Crippen molar-refractivity contribution < 1.29 is 4.74 Å². The Kier molecular flexibility index (Phi) is 6.77. The van der Waals surface area contributed by atoms with Crippen LogP contribution in [0.15, 0.2) is 73.2 Å². The van der Waals surface area contributed by atoms with Crippen molar-refractivity contribution >= 4 is 28.4 Å². The normalized spacial score (nSPS) is 10.8. The van der Waals surface area contributed by atoms with Gasteiger partial charge in [0, 0.05) is 34.8 Å². The predicted octanol–water partition coefficient (Wildman–Crippen LogP) is 5.26. The summed E-state index contributed by atoms with van der Waals surface area (Å²) in [5.74, 6) is 2.69. The number of aromatic nitrogens is 3. The van der Waals surface area contributed by atoms with Gasteiger partial charge in [-0.25, -0.2) is 0 Å². The minimum Gasteiger partial charge on any atom is -0.492 e. The van der Waals surface area contributed by atoms with E-state index in [1.165, 1.54) is 0 Å². The third-order valence-corrected chi connectivity index (χ3v) is 5.73. The molecule has 0 radical (unpaired) electrons. The lowest BCUT2D eigenvalue weighted by Gasteiger charge is -2.13. The molecular formula is C24H24N4OS. The number of thioether (sulfide) groups is 1. The zero-order chi connectivity index (χ0) is 20.6. The second kappa shape index (κ2) is 10.1. The van der Waals surface area contributed by atoms with E-state index in [0.717, 1.165) is 50.8 Å². The van der Waals surface area contributed by atoms with Crippen molar-refractivity contribution in [1.82, 2.24) is 15.0 Å². The van der Waals surface area contributed by atoms with E-state index in [-0.39, 0.29) is 0 Å². The average molecular weight is 417 g/mol. The summed E-state index contributed by atoms with van der Waals surface area (Å²) in [4.78, 5) is 13.4. The summed E-state index contributed by atoms with van der Waals surface area (Å²) >= 11 is 1.82. The molecule has 0 unspecified atom stereocenters. The first kappa shape index (κ1) is 20.2. The van der Waals surface area contributed by atoms with E-state index in [0.29, 0.717) is 13.2 Å². The largest absolute Gasteiger partial charge is 0.492 e. The number of para-hydroxylation sites is 1. The molecule has 3 heterocycles. The van der Waals surface area contributed by atoms with Gasteiger partial charge in [-0.1, -0.05) is 24.3 Å². The van der Waals surface area contributed by atoms with Gasteiger partial charge in [0.2, 0.25) is 0 Å². The van der Waals surface area contributed by atoms with Crippen LogP contribution in [0.25, 0.3) is 10.9 Å². The van der Waals surface area contributed by atoms with Crippen LogP contribution in [0, 0.1) is 6.92 Å². The van der Waals surface area contributed by atoms with Gasteiger partial charge in [0.05, 0.1) is 41.9 Å². The minimum atomic E-state index is 0.623. The van der Waals surface area contributed by atoms with Gasteiger partial charge in [-0.2, -0.15) is 11.8 Å². The van der Waals surface area contributed by atoms with Gasteiger partial charge in [-0.15, -0.1) is 0 Å². The Morgan fingerprint density at radius 2 is 1.87 bits per heavy atom. The van der Waals surface area contributed by atoms with E-state index in [1.54, 1.807) is 6.20 Å². The molecule has 0 aliphatic carbocycles. The molecule has 3 aromatic heterocycles. The van der Waals surface area contributed by atoms with Gasteiger partial charge >= 0.3 is 0 Å². The third kappa shape index (κ3) is 5.27. The molecule has 0 fully saturated rings. The average Bonchev–Trinajstić information content (AvgIpc) is 2.79. The molecule has 0 bridgehead atoms. The molecule has 0 saturated heterocycles. The minimum absolute atomic E-state index is 0.623. The van der Waals surface area contributed by atoms with Crippen LogP contribution in [-0.4, -0.2) is 27.3 Å². The number of nitrogens with zero attached hydrogens (tertiary/aromatic N) is 3. The fourth-order valence-corrected chi connectivity index (χ4v) is 3.84. The van der Waals surface area contributed by atoms with Gasteiger partial charge in [-0.3, -0.25) is 15.0 Å². The van der Waals surface area contributed by atoms with Crippen molar-refractivity contribution in [2.75, 3.05) is 17.7 Å².